The number of hydrogen-bond acceptors (Lipinski definition) is 4. The third kappa shape index (κ3) is 4.18. The van der Waals surface area contributed by atoms with Crippen molar-refractivity contribution in [2.75, 3.05) is 6.61 Å². The van der Waals surface area contributed by atoms with Gasteiger partial charge in [0.05, 0.1) is 5.56 Å². The van der Waals surface area contributed by atoms with Crippen molar-refractivity contribution in [3.63, 3.8) is 0 Å². The van der Waals surface area contributed by atoms with E-state index in [0.717, 1.165) is 47.4 Å². The Morgan fingerprint density at radius 2 is 1.51 bits per heavy atom. The van der Waals surface area contributed by atoms with Crippen LogP contribution in [0.25, 0.3) is 11.1 Å². The van der Waals surface area contributed by atoms with Crippen molar-refractivity contribution in [1.29, 1.82) is 0 Å². The van der Waals surface area contributed by atoms with Gasteiger partial charge in [-0.05, 0) is 54.0 Å². The molecule has 2 aliphatic heterocycles. The zero-order valence-electron chi connectivity index (χ0n) is 19.9. The number of amides is 1. The summed E-state index contributed by atoms with van der Waals surface area (Å²) in [5.74, 6) is -0.829. The molecule has 1 amide bonds. The van der Waals surface area contributed by atoms with Crippen LogP contribution in [-0.4, -0.2) is 40.5 Å². The maximum absolute atomic E-state index is 13.2. The van der Waals surface area contributed by atoms with Crippen molar-refractivity contribution in [1.82, 2.24) is 9.88 Å². The SMILES string of the molecule is O=C(c1cncc(C(F)(F)F)c1)C1CC2CCC(C1)N2C(=O)OCC1c2ccccc2-c2ccccc21. The molecule has 1 aliphatic carbocycles. The van der Waals surface area contributed by atoms with Crippen LogP contribution in [0.15, 0.2) is 67.0 Å². The van der Waals surface area contributed by atoms with Gasteiger partial charge in [-0.25, -0.2) is 4.79 Å². The van der Waals surface area contributed by atoms with Crippen LogP contribution in [0.4, 0.5) is 18.0 Å². The highest BCUT2D eigenvalue weighted by molar-refractivity contribution is 5.98. The standard InChI is InChI=1S/C29H25F3N2O3/c30-29(31,32)19-11-18(14-33-15-19)27(35)17-12-20-9-10-21(13-17)34(20)28(36)37-16-26-24-7-3-1-5-22(24)23-6-2-4-8-25(23)26/h1-8,11,14-15,17,20-21,26H,9-10,12-13,16H2. The first-order valence-electron chi connectivity index (χ1n) is 12.5. The highest BCUT2D eigenvalue weighted by atomic mass is 19.4. The normalized spacial score (nSPS) is 22.5. The van der Waals surface area contributed by atoms with Gasteiger partial charge in [-0.3, -0.25) is 9.78 Å². The van der Waals surface area contributed by atoms with Crippen molar-refractivity contribution < 1.29 is 27.5 Å². The van der Waals surface area contributed by atoms with Gasteiger partial charge in [-0.1, -0.05) is 48.5 Å². The summed E-state index contributed by atoms with van der Waals surface area (Å²) in [5, 5.41) is 0. The molecule has 2 fully saturated rings. The largest absolute Gasteiger partial charge is 0.448 e. The van der Waals surface area contributed by atoms with Crippen LogP contribution in [0.5, 0.6) is 0 Å². The predicted molar refractivity (Wildman–Crippen MR) is 130 cm³/mol. The van der Waals surface area contributed by atoms with Gasteiger partial charge >= 0.3 is 12.3 Å². The van der Waals surface area contributed by atoms with Crippen molar-refractivity contribution in [3.05, 3.63) is 89.2 Å². The number of alkyl halides is 3. The Balaban J connectivity index is 1.14. The molecule has 0 N–H and O–H groups in total. The van der Waals surface area contributed by atoms with Crippen LogP contribution in [-0.2, 0) is 10.9 Å². The summed E-state index contributed by atoms with van der Waals surface area (Å²) >= 11 is 0. The second-order valence-electron chi connectivity index (χ2n) is 10.1. The molecule has 2 bridgehead atoms. The monoisotopic (exact) mass is 506 g/mol. The van der Waals surface area contributed by atoms with E-state index in [4.69, 9.17) is 4.74 Å². The van der Waals surface area contributed by atoms with Gasteiger partial charge in [0.1, 0.15) is 6.61 Å². The number of rotatable bonds is 4. The Morgan fingerprint density at radius 1 is 0.919 bits per heavy atom. The number of Topliss-reactive ketones (excluding diaryl/α,β-unsaturated/α-hetero) is 1. The molecule has 0 radical (unpaired) electrons. The second kappa shape index (κ2) is 9.01. The molecular formula is C29H25F3N2O3. The number of pyridine rings is 1. The van der Waals surface area contributed by atoms with Crippen LogP contribution in [0.1, 0.15) is 58.6 Å². The Bertz CT molecular complexity index is 1310. The van der Waals surface area contributed by atoms with E-state index < -0.39 is 17.7 Å². The van der Waals surface area contributed by atoms with E-state index in [2.05, 4.69) is 29.2 Å². The van der Waals surface area contributed by atoms with E-state index in [0.29, 0.717) is 12.8 Å². The number of aromatic nitrogens is 1. The molecule has 3 aromatic rings. The molecule has 2 saturated heterocycles. The van der Waals surface area contributed by atoms with Crippen LogP contribution in [0.2, 0.25) is 0 Å². The molecule has 6 rings (SSSR count). The van der Waals surface area contributed by atoms with Gasteiger partial charge < -0.3 is 9.64 Å². The van der Waals surface area contributed by atoms with Crippen LogP contribution >= 0.6 is 0 Å². The van der Waals surface area contributed by atoms with Crippen LogP contribution < -0.4 is 0 Å². The first-order valence-corrected chi connectivity index (χ1v) is 12.5. The fourth-order valence-corrected chi connectivity index (χ4v) is 6.32. The molecule has 8 heteroatoms. The van der Waals surface area contributed by atoms with E-state index in [-0.39, 0.29) is 42.0 Å². The lowest BCUT2D eigenvalue weighted by Crippen LogP contribution is -2.48. The third-order valence-corrected chi connectivity index (χ3v) is 8.00. The first-order chi connectivity index (χ1) is 17.8. The first kappa shape index (κ1) is 23.7. The number of fused-ring (bicyclic) bond motifs is 5. The average Bonchev–Trinajstić information content (AvgIpc) is 3.37. The van der Waals surface area contributed by atoms with Gasteiger partial charge in [0, 0.05) is 41.9 Å². The Labute approximate surface area is 212 Å². The van der Waals surface area contributed by atoms with Gasteiger partial charge in [0.25, 0.3) is 0 Å². The number of carbonyl (C=O) groups excluding carboxylic acids is 2. The molecule has 1 aromatic heterocycles. The molecular weight excluding hydrogens is 481 g/mol. The quantitative estimate of drug-likeness (QED) is 0.380. The predicted octanol–water partition coefficient (Wildman–Crippen LogP) is 6.48. The summed E-state index contributed by atoms with van der Waals surface area (Å²) in [7, 11) is 0. The number of halogens is 3. The molecule has 3 heterocycles. The smallest absolute Gasteiger partial charge is 0.417 e. The fraction of sp³-hybridized carbons (Fsp3) is 0.345. The topological polar surface area (TPSA) is 59.5 Å². The summed E-state index contributed by atoms with van der Waals surface area (Å²) in [6.07, 6.45) is -0.709. The number of ketones is 1. The average molecular weight is 507 g/mol. The second-order valence-corrected chi connectivity index (χ2v) is 10.1. The summed E-state index contributed by atoms with van der Waals surface area (Å²) < 4.78 is 45.1. The molecule has 190 valence electrons. The van der Waals surface area contributed by atoms with Gasteiger partial charge in [0.15, 0.2) is 5.78 Å². The fourth-order valence-electron chi connectivity index (χ4n) is 6.32. The van der Waals surface area contributed by atoms with E-state index in [9.17, 15) is 22.8 Å². The zero-order valence-corrected chi connectivity index (χ0v) is 19.9. The number of piperidine rings is 1. The van der Waals surface area contributed by atoms with Gasteiger partial charge in [0.2, 0.25) is 0 Å². The Hall–Kier alpha value is -3.68. The molecule has 5 nitrogen and oxygen atoms in total. The number of carbonyl (C=O) groups is 2. The molecule has 2 atom stereocenters. The molecule has 2 aromatic carbocycles. The summed E-state index contributed by atoms with van der Waals surface area (Å²) in [6, 6.07) is 16.8. The minimum atomic E-state index is -4.56. The van der Waals surface area contributed by atoms with E-state index in [1.165, 1.54) is 6.20 Å². The van der Waals surface area contributed by atoms with Crippen LogP contribution in [0, 0.1) is 5.92 Å². The highest BCUT2D eigenvalue weighted by Crippen LogP contribution is 2.45. The van der Waals surface area contributed by atoms with E-state index in [1.807, 2.05) is 24.3 Å². The summed E-state index contributed by atoms with van der Waals surface area (Å²) in [4.78, 5) is 31.7. The minimum absolute atomic E-state index is 0.0335. The van der Waals surface area contributed by atoms with Crippen molar-refractivity contribution in [2.45, 2.75) is 49.9 Å². The minimum Gasteiger partial charge on any atom is -0.448 e. The molecule has 37 heavy (non-hydrogen) atoms. The van der Waals surface area contributed by atoms with Gasteiger partial charge in [-0.15, -0.1) is 0 Å². The summed E-state index contributed by atoms with van der Waals surface area (Å²) in [6.45, 7) is 0.223. The van der Waals surface area contributed by atoms with Crippen molar-refractivity contribution >= 4 is 11.9 Å². The number of ether oxygens (including phenoxy) is 1. The molecule has 0 spiro atoms. The van der Waals surface area contributed by atoms with E-state index in [1.54, 1.807) is 4.90 Å². The van der Waals surface area contributed by atoms with Crippen molar-refractivity contribution in [2.24, 2.45) is 5.92 Å². The van der Waals surface area contributed by atoms with Crippen molar-refractivity contribution in [3.8, 4) is 11.1 Å². The number of nitrogens with zero attached hydrogens (tertiary/aromatic N) is 2. The Morgan fingerprint density at radius 3 is 2.11 bits per heavy atom. The number of benzene rings is 2. The summed E-state index contributed by atoms with van der Waals surface area (Å²) in [5.41, 5.74) is 3.62. The Kier molecular flexibility index (Phi) is 5.77. The lowest BCUT2D eigenvalue weighted by atomic mass is 9.85. The highest BCUT2D eigenvalue weighted by Gasteiger charge is 2.46. The molecule has 0 saturated carbocycles. The van der Waals surface area contributed by atoms with Gasteiger partial charge in [-0.2, -0.15) is 13.2 Å². The lowest BCUT2D eigenvalue weighted by Gasteiger charge is -2.37. The van der Waals surface area contributed by atoms with Crippen LogP contribution in [0.3, 0.4) is 0 Å². The third-order valence-electron chi connectivity index (χ3n) is 8.00. The maximum atomic E-state index is 13.2. The van der Waals surface area contributed by atoms with E-state index >= 15 is 0 Å². The zero-order chi connectivity index (χ0) is 25.7. The number of hydrogen-bond donors (Lipinski definition) is 0. The molecule has 3 aliphatic rings. The lowest BCUT2D eigenvalue weighted by molar-refractivity contribution is -0.137. The molecule has 2 unspecified atom stereocenters. The maximum Gasteiger partial charge on any atom is 0.417 e.